The van der Waals surface area contributed by atoms with Crippen LogP contribution in [0.15, 0.2) is 23.3 Å². The van der Waals surface area contributed by atoms with Crippen molar-refractivity contribution in [1.82, 2.24) is 15.2 Å². The third kappa shape index (κ3) is 5.87. The quantitative estimate of drug-likeness (QED) is 0.426. The van der Waals surface area contributed by atoms with E-state index in [9.17, 15) is 0 Å². The number of rotatable bonds is 7. The Morgan fingerprint density at radius 1 is 1.50 bits per heavy atom. The number of hydrogen-bond acceptors (Lipinski definition) is 5. The molecule has 1 fully saturated rings. The molecule has 1 aliphatic rings. The molecular formula is C15H25N5O2. The minimum atomic E-state index is 0.470. The van der Waals surface area contributed by atoms with E-state index in [4.69, 9.17) is 15.2 Å². The molecule has 1 aromatic rings. The minimum Gasteiger partial charge on any atom is -0.481 e. The molecule has 22 heavy (non-hydrogen) atoms. The summed E-state index contributed by atoms with van der Waals surface area (Å²) >= 11 is 0. The molecule has 7 nitrogen and oxygen atoms in total. The molecule has 3 N–H and O–H groups in total. The van der Waals surface area contributed by atoms with Crippen molar-refractivity contribution in [2.75, 3.05) is 46.5 Å². The molecule has 0 atom stereocenters. The Balaban J connectivity index is 1.64. The van der Waals surface area contributed by atoms with Gasteiger partial charge in [0, 0.05) is 31.9 Å². The summed E-state index contributed by atoms with van der Waals surface area (Å²) in [7, 11) is 1.60. The van der Waals surface area contributed by atoms with Crippen LogP contribution in [0, 0.1) is 0 Å². The van der Waals surface area contributed by atoms with E-state index < -0.39 is 0 Å². The highest BCUT2D eigenvalue weighted by molar-refractivity contribution is 5.77. The normalized spacial score (nSPS) is 16.5. The van der Waals surface area contributed by atoms with Crippen LogP contribution in [-0.4, -0.2) is 62.3 Å². The zero-order valence-electron chi connectivity index (χ0n) is 13.1. The molecule has 0 aliphatic carbocycles. The maximum Gasteiger partial charge on any atom is 0.213 e. The lowest BCUT2D eigenvalue weighted by molar-refractivity contribution is 0.0376. The van der Waals surface area contributed by atoms with Gasteiger partial charge >= 0.3 is 0 Å². The summed E-state index contributed by atoms with van der Waals surface area (Å²) in [6, 6.07) is 3.76. The lowest BCUT2D eigenvalue weighted by atomic mass is 10.3. The molecule has 7 heteroatoms. The van der Waals surface area contributed by atoms with Crippen LogP contribution in [-0.2, 0) is 11.3 Å². The van der Waals surface area contributed by atoms with Crippen LogP contribution < -0.4 is 15.8 Å². The third-order valence-electron chi connectivity index (χ3n) is 3.50. The van der Waals surface area contributed by atoms with E-state index in [0.29, 0.717) is 18.4 Å². The lowest BCUT2D eigenvalue weighted by Crippen LogP contribution is -2.39. The van der Waals surface area contributed by atoms with Crippen molar-refractivity contribution < 1.29 is 9.47 Å². The Morgan fingerprint density at radius 3 is 3.09 bits per heavy atom. The summed E-state index contributed by atoms with van der Waals surface area (Å²) in [5, 5.41) is 3.14. The first-order chi connectivity index (χ1) is 10.8. The van der Waals surface area contributed by atoms with Crippen molar-refractivity contribution in [3.63, 3.8) is 0 Å². The molecule has 2 rings (SSSR count). The summed E-state index contributed by atoms with van der Waals surface area (Å²) in [5.41, 5.74) is 6.89. The van der Waals surface area contributed by atoms with Crippen molar-refractivity contribution in [2.24, 2.45) is 10.7 Å². The molecule has 0 aromatic carbocycles. The maximum atomic E-state index is 5.87. The molecule has 122 valence electrons. The summed E-state index contributed by atoms with van der Waals surface area (Å²) in [6.07, 6.45) is 2.74. The first-order valence-electron chi connectivity index (χ1n) is 7.61. The van der Waals surface area contributed by atoms with E-state index in [1.54, 1.807) is 13.3 Å². The van der Waals surface area contributed by atoms with Gasteiger partial charge in [0.05, 0.1) is 26.9 Å². The number of pyridine rings is 1. The zero-order valence-corrected chi connectivity index (χ0v) is 13.1. The molecule has 1 aliphatic heterocycles. The number of morpholine rings is 1. The molecule has 0 spiro atoms. The molecule has 0 bridgehead atoms. The van der Waals surface area contributed by atoms with Gasteiger partial charge in [0.25, 0.3) is 0 Å². The maximum absolute atomic E-state index is 5.87. The largest absolute Gasteiger partial charge is 0.481 e. The molecule has 0 unspecified atom stereocenters. The van der Waals surface area contributed by atoms with Crippen LogP contribution >= 0.6 is 0 Å². The lowest BCUT2D eigenvalue weighted by Gasteiger charge is -2.26. The Hall–Kier alpha value is -1.86. The molecule has 0 saturated carbocycles. The van der Waals surface area contributed by atoms with Crippen LogP contribution in [0.5, 0.6) is 5.88 Å². The molecule has 0 radical (unpaired) electrons. The van der Waals surface area contributed by atoms with Crippen molar-refractivity contribution in [3.8, 4) is 5.88 Å². The first kappa shape index (κ1) is 16.5. The number of aromatic nitrogens is 1. The van der Waals surface area contributed by atoms with Gasteiger partial charge in [-0.15, -0.1) is 0 Å². The van der Waals surface area contributed by atoms with E-state index in [2.05, 4.69) is 20.2 Å². The summed E-state index contributed by atoms with van der Waals surface area (Å²) in [6.45, 7) is 6.12. The highest BCUT2D eigenvalue weighted by Gasteiger charge is 2.08. The van der Waals surface area contributed by atoms with E-state index in [1.807, 2.05) is 12.1 Å². The number of nitrogens with one attached hydrogen (secondary N) is 1. The number of nitrogens with zero attached hydrogens (tertiary/aromatic N) is 3. The van der Waals surface area contributed by atoms with E-state index >= 15 is 0 Å². The number of hydrogen-bond donors (Lipinski definition) is 2. The number of methoxy groups -OCH3 is 1. The number of ether oxygens (including phenoxy) is 2. The van der Waals surface area contributed by atoms with Gasteiger partial charge in [-0.3, -0.25) is 4.90 Å². The molecule has 1 saturated heterocycles. The second-order valence-corrected chi connectivity index (χ2v) is 5.14. The fraction of sp³-hybridized carbons (Fsp3) is 0.600. The SMILES string of the molecule is COc1cc(CN=C(N)NCCCN2CCOCC2)ccn1. The smallest absolute Gasteiger partial charge is 0.213 e. The Labute approximate surface area is 131 Å². The fourth-order valence-corrected chi connectivity index (χ4v) is 2.24. The number of guanidine groups is 1. The zero-order chi connectivity index (χ0) is 15.6. The molecular weight excluding hydrogens is 282 g/mol. The second-order valence-electron chi connectivity index (χ2n) is 5.14. The summed E-state index contributed by atoms with van der Waals surface area (Å²) in [5.74, 6) is 1.06. The highest BCUT2D eigenvalue weighted by atomic mass is 16.5. The van der Waals surface area contributed by atoms with Crippen molar-refractivity contribution in [1.29, 1.82) is 0 Å². The van der Waals surface area contributed by atoms with Gasteiger partial charge in [-0.1, -0.05) is 0 Å². The molecule has 0 amide bonds. The Morgan fingerprint density at radius 2 is 2.32 bits per heavy atom. The second kappa shape index (κ2) is 9.22. The van der Waals surface area contributed by atoms with Gasteiger partial charge in [-0.2, -0.15) is 0 Å². The molecule has 2 heterocycles. The van der Waals surface area contributed by atoms with E-state index in [-0.39, 0.29) is 0 Å². The average Bonchev–Trinajstić information content (AvgIpc) is 2.58. The summed E-state index contributed by atoms with van der Waals surface area (Å²) < 4.78 is 10.4. The Kier molecular flexibility index (Phi) is 6.92. The average molecular weight is 307 g/mol. The monoisotopic (exact) mass is 307 g/mol. The van der Waals surface area contributed by atoms with E-state index in [1.165, 1.54) is 0 Å². The number of nitrogens with two attached hydrogens (primary N) is 1. The summed E-state index contributed by atoms with van der Waals surface area (Å²) in [4.78, 5) is 10.8. The van der Waals surface area contributed by atoms with Gasteiger partial charge in [0.1, 0.15) is 0 Å². The van der Waals surface area contributed by atoms with Gasteiger partial charge in [0.15, 0.2) is 5.96 Å². The van der Waals surface area contributed by atoms with Gasteiger partial charge < -0.3 is 20.5 Å². The van der Waals surface area contributed by atoms with E-state index in [0.717, 1.165) is 51.4 Å². The van der Waals surface area contributed by atoms with Crippen LogP contribution in [0.25, 0.3) is 0 Å². The highest BCUT2D eigenvalue weighted by Crippen LogP contribution is 2.09. The first-order valence-corrected chi connectivity index (χ1v) is 7.61. The van der Waals surface area contributed by atoms with Crippen molar-refractivity contribution in [2.45, 2.75) is 13.0 Å². The standard InChI is InChI=1S/C15H25N5O2/c1-21-14-11-13(3-5-17-14)12-19-15(16)18-4-2-6-20-7-9-22-10-8-20/h3,5,11H,2,4,6-10,12H2,1H3,(H3,16,18,19). The van der Waals surface area contributed by atoms with Crippen molar-refractivity contribution >= 4 is 5.96 Å². The fourth-order valence-electron chi connectivity index (χ4n) is 2.24. The van der Waals surface area contributed by atoms with Crippen LogP contribution in [0.3, 0.4) is 0 Å². The third-order valence-corrected chi connectivity index (χ3v) is 3.50. The van der Waals surface area contributed by atoms with Gasteiger partial charge in [-0.05, 0) is 24.6 Å². The van der Waals surface area contributed by atoms with Crippen LogP contribution in [0.4, 0.5) is 0 Å². The predicted octanol–water partition coefficient (Wildman–Crippen LogP) is 0.217. The molecule has 1 aromatic heterocycles. The topological polar surface area (TPSA) is 85.0 Å². The Bertz CT molecular complexity index is 475. The van der Waals surface area contributed by atoms with Crippen LogP contribution in [0.1, 0.15) is 12.0 Å². The van der Waals surface area contributed by atoms with Crippen LogP contribution in [0.2, 0.25) is 0 Å². The predicted molar refractivity (Wildman–Crippen MR) is 86.0 cm³/mol. The van der Waals surface area contributed by atoms with Gasteiger partial charge in [-0.25, -0.2) is 9.98 Å². The van der Waals surface area contributed by atoms with Gasteiger partial charge in [0.2, 0.25) is 5.88 Å². The minimum absolute atomic E-state index is 0.470. The number of aliphatic imine (C=N–C) groups is 1. The van der Waals surface area contributed by atoms with Crippen molar-refractivity contribution in [3.05, 3.63) is 23.9 Å².